The maximum atomic E-state index is 13.0. The summed E-state index contributed by atoms with van der Waals surface area (Å²) in [4.78, 5) is 16.3. The molecule has 0 aliphatic heterocycles. The molecule has 3 aromatic rings. The van der Waals surface area contributed by atoms with Gasteiger partial charge in [-0.2, -0.15) is 0 Å². The second kappa shape index (κ2) is 9.95. The van der Waals surface area contributed by atoms with Crippen molar-refractivity contribution in [3.05, 3.63) is 75.0 Å². The van der Waals surface area contributed by atoms with Crippen molar-refractivity contribution in [2.75, 3.05) is 11.3 Å². The summed E-state index contributed by atoms with van der Waals surface area (Å²) in [6.07, 6.45) is 2.85. The van der Waals surface area contributed by atoms with Crippen LogP contribution in [0.4, 0.5) is 5.69 Å². The van der Waals surface area contributed by atoms with E-state index in [0.29, 0.717) is 21.4 Å². The summed E-state index contributed by atoms with van der Waals surface area (Å²) in [6, 6.07) is 8.52. The molecule has 0 spiro atoms. The topological polar surface area (TPSA) is 94.6 Å². The van der Waals surface area contributed by atoms with Gasteiger partial charge < -0.3 is 9.47 Å². The average molecular weight is 516 g/mol. The number of nitrogens with one attached hydrogen (secondary N) is 1. The first kappa shape index (κ1) is 24.1. The van der Waals surface area contributed by atoms with Crippen LogP contribution in [0.25, 0.3) is 0 Å². The summed E-state index contributed by atoms with van der Waals surface area (Å²) in [5, 5.41) is 0.634. The highest BCUT2D eigenvalue weighted by molar-refractivity contribution is 7.92. The van der Waals surface area contributed by atoms with Crippen LogP contribution in [-0.4, -0.2) is 26.0 Å². The second-order valence-electron chi connectivity index (χ2n) is 6.51. The molecule has 0 aliphatic carbocycles. The zero-order valence-electron chi connectivity index (χ0n) is 16.9. The number of aromatic nitrogens is 1. The molecule has 1 aromatic heterocycles. The van der Waals surface area contributed by atoms with Crippen LogP contribution in [0.3, 0.4) is 0 Å². The Balaban J connectivity index is 1.99. The number of carbonyl (C=O) groups is 1. The summed E-state index contributed by atoms with van der Waals surface area (Å²) in [5.74, 6) is -0.268. The molecule has 0 bridgehead atoms. The van der Waals surface area contributed by atoms with Crippen molar-refractivity contribution >= 4 is 56.5 Å². The zero-order chi connectivity index (χ0) is 23.5. The number of rotatable bonds is 7. The molecule has 32 heavy (non-hydrogen) atoms. The van der Waals surface area contributed by atoms with Gasteiger partial charge in [-0.05, 0) is 49.7 Å². The van der Waals surface area contributed by atoms with E-state index in [2.05, 4.69) is 9.71 Å². The Hall–Kier alpha value is -2.52. The molecule has 0 atom stereocenters. The van der Waals surface area contributed by atoms with Crippen LogP contribution in [0.2, 0.25) is 15.1 Å². The average Bonchev–Trinajstić information content (AvgIpc) is 2.68. The predicted molar refractivity (Wildman–Crippen MR) is 124 cm³/mol. The minimum absolute atomic E-state index is 0.00551. The van der Waals surface area contributed by atoms with E-state index in [1.165, 1.54) is 48.8 Å². The number of pyridine rings is 1. The first-order valence-electron chi connectivity index (χ1n) is 9.18. The van der Waals surface area contributed by atoms with Crippen LogP contribution in [-0.2, 0) is 14.8 Å². The van der Waals surface area contributed by atoms with Gasteiger partial charge >= 0.3 is 5.97 Å². The molecule has 0 radical (unpaired) electrons. The minimum Gasteiger partial charge on any atom is -0.462 e. The third kappa shape index (κ3) is 5.63. The Bertz CT molecular complexity index is 1260. The summed E-state index contributed by atoms with van der Waals surface area (Å²) >= 11 is 18.0. The van der Waals surface area contributed by atoms with Gasteiger partial charge in [-0.3, -0.25) is 9.71 Å². The molecule has 168 valence electrons. The van der Waals surface area contributed by atoms with Crippen molar-refractivity contribution in [3.8, 4) is 11.5 Å². The Kier molecular flexibility index (Phi) is 7.51. The van der Waals surface area contributed by atoms with E-state index in [1.54, 1.807) is 13.8 Å². The molecule has 0 saturated heterocycles. The number of sulfonamides is 1. The fraction of sp³-hybridized carbons (Fsp3) is 0.143. The molecule has 11 heteroatoms. The van der Waals surface area contributed by atoms with Crippen LogP contribution < -0.4 is 9.46 Å². The number of hydrogen-bond acceptors (Lipinski definition) is 6. The molecule has 1 heterocycles. The number of carbonyl (C=O) groups excluding carboxylic acids is 1. The highest BCUT2D eigenvalue weighted by Crippen LogP contribution is 2.33. The lowest BCUT2D eigenvalue weighted by atomic mass is 10.2. The van der Waals surface area contributed by atoms with Crippen molar-refractivity contribution in [2.45, 2.75) is 18.7 Å². The summed E-state index contributed by atoms with van der Waals surface area (Å²) in [7, 11) is -4.08. The number of benzene rings is 2. The van der Waals surface area contributed by atoms with Crippen molar-refractivity contribution in [1.29, 1.82) is 0 Å². The number of halogens is 3. The van der Waals surface area contributed by atoms with Crippen LogP contribution >= 0.6 is 34.8 Å². The molecular formula is C21H17Cl3N2O5S. The first-order chi connectivity index (χ1) is 15.1. The predicted octanol–water partition coefficient (Wildman–Crippen LogP) is 6.12. The van der Waals surface area contributed by atoms with E-state index < -0.39 is 16.0 Å². The summed E-state index contributed by atoms with van der Waals surface area (Å²) < 4.78 is 39.1. The van der Waals surface area contributed by atoms with Crippen molar-refractivity contribution in [3.63, 3.8) is 0 Å². The second-order valence-corrected chi connectivity index (χ2v) is 9.41. The van der Waals surface area contributed by atoms with Crippen LogP contribution in [0.5, 0.6) is 11.5 Å². The molecule has 7 nitrogen and oxygen atoms in total. The van der Waals surface area contributed by atoms with E-state index in [9.17, 15) is 13.2 Å². The Labute approximate surface area is 200 Å². The van der Waals surface area contributed by atoms with Crippen LogP contribution in [0.1, 0.15) is 22.8 Å². The van der Waals surface area contributed by atoms with Crippen LogP contribution in [0.15, 0.2) is 53.7 Å². The Morgan fingerprint density at radius 1 is 1.06 bits per heavy atom. The van der Waals surface area contributed by atoms with Gasteiger partial charge in [0.15, 0.2) is 0 Å². The first-order valence-corrected chi connectivity index (χ1v) is 11.8. The number of ether oxygens (including phenoxy) is 2. The van der Waals surface area contributed by atoms with Gasteiger partial charge in [0.1, 0.15) is 22.0 Å². The minimum atomic E-state index is -4.08. The monoisotopic (exact) mass is 514 g/mol. The molecule has 0 unspecified atom stereocenters. The highest BCUT2D eigenvalue weighted by Gasteiger charge is 2.23. The highest BCUT2D eigenvalue weighted by atomic mass is 35.5. The van der Waals surface area contributed by atoms with E-state index in [4.69, 9.17) is 44.3 Å². The van der Waals surface area contributed by atoms with Gasteiger partial charge in [0.05, 0.1) is 22.8 Å². The van der Waals surface area contributed by atoms with Gasteiger partial charge in [-0.15, -0.1) is 0 Å². The van der Waals surface area contributed by atoms with Gasteiger partial charge in [0.2, 0.25) is 0 Å². The molecule has 0 saturated carbocycles. The van der Waals surface area contributed by atoms with E-state index in [-0.39, 0.29) is 33.5 Å². The van der Waals surface area contributed by atoms with Crippen LogP contribution in [0, 0.1) is 6.92 Å². The molecule has 0 fully saturated rings. The largest absolute Gasteiger partial charge is 0.462 e. The SMILES string of the molecule is CCOC(=O)c1cc(NS(=O)(=O)c2c(C)cc(Cl)cc2Cl)ccc1Oc1cncc(Cl)c1. The smallest absolute Gasteiger partial charge is 0.342 e. The Morgan fingerprint density at radius 3 is 2.47 bits per heavy atom. The van der Waals surface area contributed by atoms with Gasteiger partial charge in [0, 0.05) is 23.0 Å². The molecule has 3 rings (SSSR count). The van der Waals surface area contributed by atoms with Gasteiger partial charge in [-0.1, -0.05) is 34.8 Å². The lowest BCUT2D eigenvalue weighted by Crippen LogP contribution is -2.16. The number of nitrogens with zero attached hydrogens (tertiary/aromatic N) is 1. The normalized spacial score (nSPS) is 11.2. The molecule has 1 N–H and O–H groups in total. The third-order valence-electron chi connectivity index (χ3n) is 4.10. The van der Waals surface area contributed by atoms with Crippen molar-refractivity contribution in [2.24, 2.45) is 0 Å². The van der Waals surface area contributed by atoms with Crippen molar-refractivity contribution in [1.82, 2.24) is 4.98 Å². The third-order valence-corrected chi connectivity index (χ3v) is 6.52. The number of hydrogen-bond donors (Lipinski definition) is 1. The molecule has 0 aliphatic rings. The standard InChI is InChI=1S/C21H17Cl3N2O5S/c1-3-30-21(27)17-9-15(4-5-19(17)31-16-7-14(23)10-25-11-16)26-32(28,29)20-12(2)6-13(22)8-18(20)24/h4-11,26H,3H2,1-2H3. The quantitative estimate of drug-likeness (QED) is 0.381. The zero-order valence-corrected chi connectivity index (χ0v) is 19.9. The Morgan fingerprint density at radius 2 is 1.81 bits per heavy atom. The number of anilines is 1. The van der Waals surface area contributed by atoms with E-state index in [0.717, 1.165) is 0 Å². The molecule has 0 amide bonds. The van der Waals surface area contributed by atoms with Gasteiger partial charge in [0.25, 0.3) is 10.0 Å². The maximum Gasteiger partial charge on any atom is 0.342 e. The maximum absolute atomic E-state index is 13.0. The fourth-order valence-corrected chi connectivity index (χ4v) is 5.26. The number of esters is 1. The van der Waals surface area contributed by atoms with E-state index in [1.807, 2.05) is 0 Å². The lowest BCUT2D eigenvalue weighted by Gasteiger charge is -2.15. The fourth-order valence-electron chi connectivity index (χ4n) is 2.86. The lowest BCUT2D eigenvalue weighted by molar-refractivity contribution is 0.0523. The number of aryl methyl sites for hydroxylation is 1. The van der Waals surface area contributed by atoms with E-state index >= 15 is 0 Å². The molecular weight excluding hydrogens is 499 g/mol. The van der Waals surface area contributed by atoms with Crippen molar-refractivity contribution < 1.29 is 22.7 Å². The summed E-state index contributed by atoms with van der Waals surface area (Å²) in [5.41, 5.74) is 0.481. The molecule has 2 aromatic carbocycles. The van der Waals surface area contributed by atoms with Gasteiger partial charge in [-0.25, -0.2) is 13.2 Å². The summed E-state index contributed by atoms with van der Waals surface area (Å²) in [6.45, 7) is 3.34.